The number of benzene rings is 2. The minimum Gasteiger partial charge on any atom is -0.492 e. The van der Waals surface area contributed by atoms with Crippen molar-refractivity contribution in [1.82, 2.24) is 10.6 Å². The van der Waals surface area contributed by atoms with E-state index in [-0.39, 0.29) is 11.4 Å². The van der Waals surface area contributed by atoms with Crippen LogP contribution < -0.4 is 15.4 Å². The minimum absolute atomic E-state index is 0.109. The smallest absolute Gasteiger partial charge is 0.314 e. The van der Waals surface area contributed by atoms with E-state index in [0.717, 1.165) is 23.1 Å². The van der Waals surface area contributed by atoms with Gasteiger partial charge in [-0.25, -0.2) is 4.79 Å². The Kier molecular flexibility index (Phi) is 8.36. The number of hydrogen-bond donors (Lipinski definition) is 2. The zero-order valence-electron chi connectivity index (χ0n) is 17.3. The Bertz CT molecular complexity index is 784. The molecule has 0 heterocycles. The van der Waals surface area contributed by atoms with E-state index in [1.54, 1.807) is 0 Å². The van der Waals surface area contributed by atoms with Gasteiger partial charge < -0.3 is 15.4 Å². The van der Waals surface area contributed by atoms with Crippen LogP contribution in [-0.2, 0) is 11.8 Å². The first-order valence-corrected chi connectivity index (χ1v) is 10.6. The monoisotopic (exact) mass is 446 g/mol. The standard InChI is InChI=1S/C23H31BrN2O2/c1-17-8-5-6-9-18(17)12-14-26-22(27)25-13-7-15-28-21-11-10-19(16-20(21)24)23(2,3)4/h5-6,8-11,16H,7,12-15H2,1-4H3,(H2,25,26,27). The van der Waals surface area contributed by atoms with E-state index in [2.05, 4.69) is 78.5 Å². The van der Waals surface area contributed by atoms with Crippen molar-refractivity contribution in [2.75, 3.05) is 19.7 Å². The second-order valence-electron chi connectivity index (χ2n) is 7.96. The van der Waals surface area contributed by atoms with E-state index >= 15 is 0 Å². The van der Waals surface area contributed by atoms with Crippen molar-refractivity contribution in [2.45, 2.75) is 46.0 Å². The molecule has 0 aliphatic rings. The van der Waals surface area contributed by atoms with E-state index in [1.807, 2.05) is 18.2 Å². The van der Waals surface area contributed by atoms with E-state index in [4.69, 9.17) is 4.74 Å². The second-order valence-corrected chi connectivity index (χ2v) is 8.81. The largest absolute Gasteiger partial charge is 0.492 e. The lowest BCUT2D eigenvalue weighted by molar-refractivity contribution is 0.239. The summed E-state index contributed by atoms with van der Waals surface area (Å²) in [5.41, 5.74) is 3.89. The Labute approximate surface area is 177 Å². The molecule has 2 rings (SSSR count). The predicted molar refractivity (Wildman–Crippen MR) is 119 cm³/mol. The summed E-state index contributed by atoms with van der Waals surface area (Å²) in [7, 11) is 0. The van der Waals surface area contributed by atoms with Crippen LogP contribution in [0.5, 0.6) is 5.75 Å². The van der Waals surface area contributed by atoms with Crippen LogP contribution in [0.1, 0.15) is 43.9 Å². The molecule has 2 N–H and O–H groups in total. The fraction of sp³-hybridized carbons (Fsp3) is 0.435. The molecule has 0 atom stereocenters. The molecule has 152 valence electrons. The third-order valence-corrected chi connectivity index (χ3v) is 5.22. The highest BCUT2D eigenvalue weighted by molar-refractivity contribution is 9.10. The minimum atomic E-state index is -0.135. The van der Waals surface area contributed by atoms with Crippen molar-refractivity contribution in [3.63, 3.8) is 0 Å². The van der Waals surface area contributed by atoms with Gasteiger partial charge in [-0.05, 0) is 69.9 Å². The maximum atomic E-state index is 11.9. The van der Waals surface area contributed by atoms with Gasteiger partial charge in [-0.1, -0.05) is 51.1 Å². The van der Waals surface area contributed by atoms with E-state index in [0.29, 0.717) is 19.7 Å². The number of ether oxygens (including phenoxy) is 1. The first-order valence-electron chi connectivity index (χ1n) is 9.76. The van der Waals surface area contributed by atoms with Gasteiger partial charge in [0.05, 0.1) is 11.1 Å². The Morgan fingerprint density at radius 1 is 1.07 bits per heavy atom. The topological polar surface area (TPSA) is 50.4 Å². The summed E-state index contributed by atoms with van der Waals surface area (Å²) in [4.78, 5) is 11.9. The highest BCUT2D eigenvalue weighted by atomic mass is 79.9. The number of halogens is 1. The van der Waals surface area contributed by atoms with Gasteiger partial charge in [0.1, 0.15) is 5.75 Å². The lowest BCUT2D eigenvalue weighted by Crippen LogP contribution is -2.37. The molecule has 0 fully saturated rings. The van der Waals surface area contributed by atoms with Crippen LogP contribution in [0, 0.1) is 6.92 Å². The number of hydrogen-bond acceptors (Lipinski definition) is 2. The normalized spacial score (nSPS) is 11.2. The van der Waals surface area contributed by atoms with E-state index < -0.39 is 0 Å². The van der Waals surface area contributed by atoms with Crippen molar-refractivity contribution in [1.29, 1.82) is 0 Å². The fourth-order valence-corrected chi connectivity index (χ4v) is 3.30. The SMILES string of the molecule is Cc1ccccc1CCNC(=O)NCCCOc1ccc(C(C)(C)C)cc1Br. The van der Waals surface area contributed by atoms with Gasteiger partial charge in [0.2, 0.25) is 0 Å². The Morgan fingerprint density at radius 2 is 1.79 bits per heavy atom. The molecule has 4 nitrogen and oxygen atoms in total. The number of amides is 2. The molecular weight excluding hydrogens is 416 g/mol. The summed E-state index contributed by atoms with van der Waals surface area (Å²) in [5, 5.41) is 5.77. The molecule has 28 heavy (non-hydrogen) atoms. The first kappa shape index (κ1) is 22.3. The molecule has 2 aromatic rings. The maximum Gasteiger partial charge on any atom is 0.314 e. The van der Waals surface area contributed by atoms with Gasteiger partial charge >= 0.3 is 6.03 Å². The molecule has 2 amide bonds. The Hall–Kier alpha value is -2.01. The molecule has 5 heteroatoms. The second kappa shape index (κ2) is 10.5. The van der Waals surface area contributed by atoms with Gasteiger partial charge in [-0.2, -0.15) is 0 Å². The van der Waals surface area contributed by atoms with Crippen LogP contribution in [-0.4, -0.2) is 25.7 Å². The molecule has 0 radical (unpaired) electrons. The number of nitrogens with one attached hydrogen (secondary N) is 2. The summed E-state index contributed by atoms with van der Waals surface area (Å²) in [6.07, 6.45) is 1.58. The molecular formula is C23H31BrN2O2. The Morgan fingerprint density at radius 3 is 2.46 bits per heavy atom. The highest BCUT2D eigenvalue weighted by Crippen LogP contribution is 2.31. The molecule has 0 aromatic heterocycles. The summed E-state index contributed by atoms with van der Waals surface area (Å²) < 4.78 is 6.78. The highest BCUT2D eigenvalue weighted by Gasteiger charge is 2.15. The van der Waals surface area contributed by atoms with Crippen molar-refractivity contribution in [2.24, 2.45) is 0 Å². The van der Waals surface area contributed by atoms with Crippen molar-refractivity contribution < 1.29 is 9.53 Å². The summed E-state index contributed by atoms with van der Waals surface area (Å²) in [6, 6.07) is 14.3. The zero-order chi connectivity index (χ0) is 20.6. The number of rotatable bonds is 8. The van der Waals surface area contributed by atoms with Crippen molar-refractivity contribution >= 4 is 22.0 Å². The third kappa shape index (κ3) is 7.19. The first-order chi connectivity index (χ1) is 13.3. The molecule has 0 aliphatic carbocycles. The van der Waals surface area contributed by atoms with Gasteiger partial charge in [-0.15, -0.1) is 0 Å². The Balaban J connectivity index is 1.62. The molecule has 0 bridgehead atoms. The van der Waals surface area contributed by atoms with Crippen LogP contribution >= 0.6 is 15.9 Å². The fourth-order valence-electron chi connectivity index (χ4n) is 2.80. The van der Waals surface area contributed by atoms with Gasteiger partial charge in [0, 0.05) is 13.1 Å². The molecule has 0 saturated heterocycles. The number of aryl methyl sites for hydroxylation is 1. The molecule has 0 spiro atoms. The van der Waals surface area contributed by atoms with Crippen LogP contribution in [0.15, 0.2) is 46.9 Å². The maximum absolute atomic E-state index is 11.9. The van der Waals surface area contributed by atoms with E-state index in [1.165, 1.54) is 16.7 Å². The van der Waals surface area contributed by atoms with Crippen LogP contribution in [0.3, 0.4) is 0 Å². The van der Waals surface area contributed by atoms with Crippen molar-refractivity contribution in [3.8, 4) is 5.75 Å². The van der Waals surface area contributed by atoms with Crippen LogP contribution in [0.25, 0.3) is 0 Å². The molecule has 0 aliphatic heterocycles. The lowest BCUT2D eigenvalue weighted by atomic mass is 9.87. The number of carbonyl (C=O) groups is 1. The number of urea groups is 1. The number of carbonyl (C=O) groups excluding carboxylic acids is 1. The molecule has 0 unspecified atom stereocenters. The van der Waals surface area contributed by atoms with E-state index in [9.17, 15) is 4.79 Å². The summed E-state index contributed by atoms with van der Waals surface area (Å²) in [6.45, 7) is 10.4. The average molecular weight is 447 g/mol. The zero-order valence-corrected chi connectivity index (χ0v) is 18.9. The van der Waals surface area contributed by atoms with Crippen LogP contribution in [0.2, 0.25) is 0 Å². The van der Waals surface area contributed by atoms with Gasteiger partial charge in [0.15, 0.2) is 0 Å². The lowest BCUT2D eigenvalue weighted by Gasteiger charge is -2.20. The summed E-state index contributed by atoms with van der Waals surface area (Å²) in [5.74, 6) is 0.829. The van der Waals surface area contributed by atoms with Gasteiger partial charge in [-0.3, -0.25) is 0 Å². The predicted octanol–water partition coefficient (Wildman–Crippen LogP) is 5.37. The summed E-state index contributed by atoms with van der Waals surface area (Å²) >= 11 is 3.58. The quantitative estimate of drug-likeness (QED) is 0.535. The van der Waals surface area contributed by atoms with Gasteiger partial charge in [0.25, 0.3) is 0 Å². The van der Waals surface area contributed by atoms with Crippen molar-refractivity contribution in [3.05, 3.63) is 63.6 Å². The average Bonchev–Trinajstić information content (AvgIpc) is 2.63. The molecule has 0 saturated carbocycles. The van der Waals surface area contributed by atoms with Crippen LogP contribution in [0.4, 0.5) is 4.79 Å². The molecule has 2 aromatic carbocycles. The third-order valence-electron chi connectivity index (χ3n) is 4.60.